The van der Waals surface area contributed by atoms with Crippen molar-refractivity contribution in [3.05, 3.63) is 28.5 Å². The number of rotatable bonds is 3. The SMILES string of the molecule is N/C(CNc1cc(F)cc(Br)c1)=N/O. The summed E-state index contributed by atoms with van der Waals surface area (Å²) in [6.07, 6.45) is 0. The number of nitrogens with one attached hydrogen (secondary N) is 1. The van der Waals surface area contributed by atoms with Gasteiger partial charge in [0.1, 0.15) is 5.82 Å². The summed E-state index contributed by atoms with van der Waals surface area (Å²) in [5, 5.41) is 13.8. The maximum absolute atomic E-state index is 12.9. The number of benzene rings is 1. The van der Waals surface area contributed by atoms with Crippen molar-refractivity contribution >= 4 is 27.5 Å². The Bertz CT molecular complexity index is 336. The lowest BCUT2D eigenvalue weighted by Gasteiger charge is -2.05. The van der Waals surface area contributed by atoms with Gasteiger partial charge in [-0.25, -0.2) is 4.39 Å². The molecular weight excluding hydrogens is 253 g/mol. The van der Waals surface area contributed by atoms with Gasteiger partial charge in [-0.3, -0.25) is 0 Å². The lowest BCUT2D eigenvalue weighted by atomic mass is 10.3. The molecule has 1 aromatic carbocycles. The molecule has 0 atom stereocenters. The second-order valence-corrected chi connectivity index (χ2v) is 3.52. The largest absolute Gasteiger partial charge is 0.409 e. The molecule has 0 aromatic heterocycles. The molecule has 0 saturated carbocycles. The summed E-state index contributed by atoms with van der Waals surface area (Å²) in [6.45, 7) is 0.159. The van der Waals surface area contributed by atoms with Gasteiger partial charge in [-0.1, -0.05) is 21.1 Å². The zero-order valence-corrected chi connectivity index (χ0v) is 8.75. The highest BCUT2D eigenvalue weighted by molar-refractivity contribution is 9.10. The van der Waals surface area contributed by atoms with E-state index in [1.165, 1.54) is 12.1 Å². The Kier molecular flexibility index (Phi) is 3.70. The van der Waals surface area contributed by atoms with Crippen LogP contribution in [0.4, 0.5) is 10.1 Å². The lowest BCUT2D eigenvalue weighted by molar-refractivity contribution is 0.317. The van der Waals surface area contributed by atoms with Gasteiger partial charge in [0.05, 0.1) is 6.54 Å². The third-order valence-electron chi connectivity index (χ3n) is 1.46. The van der Waals surface area contributed by atoms with Crippen LogP contribution in [0.25, 0.3) is 0 Å². The van der Waals surface area contributed by atoms with Crippen molar-refractivity contribution in [1.29, 1.82) is 0 Å². The summed E-state index contributed by atoms with van der Waals surface area (Å²) in [5.41, 5.74) is 5.79. The first-order valence-electron chi connectivity index (χ1n) is 3.78. The zero-order chi connectivity index (χ0) is 10.6. The summed E-state index contributed by atoms with van der Waals surface area (Å²) in [6, 6.07) is 4.35. The summed E-state index contributed by atoms with van der Waals surface area (Å²) in [7, 11) is 0. The molecule has 4 nitrogen and oxygen atoms in total. The molecule has 0 aliphatic heterocycles. The summed E-state index contributed by atoms with van der Waals surface area (Å²) >= 11 is 3.15. The van der Waals surface area contributed by atoms with Gasteiger partial charge in [-0.05, 0) is 18.2 Å². The fourth-order valence-corrected chi connectivity index (χ4v) is 1.35. The van der Waals surface area contributed by atoms with Crippen molar-refractivity contribution in [1.82, 2.24) is 0 Å². The Morgan fingerprint density at radius 1 is 1.57 bits per heavy atom. The molecule has 0 spiro atoms. The highest BCUT2D eigenvalue weighted by Crippen LogP contribution is 2.18. The minimum Gasteiger partial charge on any atom is -0.409 e. The smallest absolute Gasteiger partial charge is 0.158 e. The van der Waals surface area contributed by atoms with Crippen molar-refractivity contribution in [2.45, 2.75) is 0 Å². The Morgan fingerprint density at radius 2 is 2.29 bits per heavy atom. The van der Waals surface area contributed by atoms with Gasteiger partial charge in [0.2, 0.25) is 0 Å². The molecule has 1 rings (SSSR count). The van der Waals surface area contributed by atoms with E-state index in [1.807, 2.05) is 0 Å². The second kappa shape index (κ2) is 4.80. The average Bonchev–Trinajstić information content (AvgIpc) is 2.12. The van der Waals surface area contributed by atoms with Gasteiger partial charge >= 0.3 is 0 Å². The lowest BCUT2D eigenvalue weighted by Crippen LogP contribution is -2.22. The van der Waals surface area contributed by atoms with Crippen molar-refractivity contribution in [3.63, 3.8) is 0 Å². The standard InChI is InChI=1S/C8H9BrFN3O/c9-5-1-6(10)3-7(2-5)12-4-8(11)13-14/h1-3,12,14H,4H2,(H2,11,13). The van der Waals surface area contributed by atoms with Gasteiger partial charge < -0.3 is 16.3 Å². The van der Waals surface area contributed by atoms with Crippen LogP contribution in [0.1, 0.15) is 0 Å². The number of nitrogens with zero attached hydrogens (tertiary/aromatic N) is 1. The normalized spacial score (nSPS) is 11.4. The van der Waals surface area contributed by atoms with Crippen LogP contribution in [0.5, 0.6) is 0 Å². The third-order valence-corrected chi connectivity index (χ3v) is 1.92. The van der Waals surface area contributed by atoms with Crippen LogP contribution in [-0.2, 0) is 0 Å². The summed E-state index contributed by atoms with van der Waals surface area (Å²) < 4.78 is 13.5. The maximum Gasteiger partial charge on any atom is 0.158 e. The average molecular weight is 262 g/mol. The Morgan fingerprint density at radius 3 is 2.86 bits per heavy atom. The molecule has 0 saturated heterocycles. The van der Waals surface area contributed by atoms with Crippen LogP contribution >= 0.6 is 15.9 Å². The highest BCUT2D eigenvalue weighted by Gasteiger charge is 1.99. The van der Waals surface area contributed by atoms with Crippen LogP contribution in [0.3, 0.4) is 0 Å². The molecule has 76 valence electrons. The predicted octanol–water partition coefficient (Wildman–Crippen LogP) is 1.75. The minimum atomic E-state index is -0.360. The molecule has 0 amide bonds. The number of anilines is 1. The van der Waals surface area contributed by atoms with E-state index in [-0.39, 0.29) is 18.2 Å². The molecule has 0 aliphatic carbocycles. The predicted molar refractivity (Wildman–Crippen MR) is 56.0 cm³/mol. The molecule has 1 aromatic rings. The van der Waals surface area contributed by atoms with Crippen molar-refractivity contribution in [3.8, 4) is 0 Å². The minimum absolute atomic E-state index is 0.0328. The first kappa shape index (κ1) is 10.8. The molecule has 0 heterocycles. The first-order chi connectivity index (χ1) is 6.61. The monoisotopic (exact) mass is 261 g/mol. The molecular formula is C8H9BrFN3O. The van der Waals surface area contributed by atoms with Gasteiger partial charge in [0.15, 0.2) is 5.84 Å². The van der Waals surface area contributed by atoms with Crippen LogP contribution in [0.2, 0.25) is 0 Å². The van der Waals surface area contributed by atoms with E-state index in [9.17, 15) is 4.39 Å². The zero-order valence-electron chi connectivity index (χ0n) is 7.17. The van der Waals surface area contributed by atoms with Crippen LogP contribution < -0.4 is 11.1 Å². The van der Waals surface area contributed by atoms with E-state index >= 15 is 0 Å². The summed E-state index contributed by atoms with van der Waals surface area (Å²) in [5.74, 6) is -0.327. The van der Waals surface area contributed by atoms with Crippen LogP contribution in [0.15, 0.2) is 27.8 Å². The maximum atomic E-state index is 12.9. The van der Waals surface area contributed by atoms with Crippen LogP contribution in [0, 0.1) is 5.82 Å². The number of halogens is 2. The Balaban J connectivity index is 2.67. The van der Waals surface area contributed by atoms with Gasteiger partial charge in [0, 0.05) is 10.2 Å². The highest BCUT2D eigenvalue weighted by atomic mass is 79.9. The molecule has 0 radical (unpaired) electrons. The van der Waals surface area contributed by atoms with Gasteiger partial charge in [-0.15, -0.1) is 0 Å². The van der Waals surface area contributed by atoms with Crippen molar-refractivity contribution in [2.75, 3.05) is 11.9 Å². The Hall–Kier alpha value is -1.30. The number of oxime groups is 1. The van der Waals surface area contributed by atoms with E-state index in [1.54, 1.807) is 6.07 Å². The number of amidine groups is 1. The first-order valence-corrected chi connectivity index (χ1v) is 4.57. The topological polar surface area (TPSA) is 70.6 Å². The van der Waals surface area contributed by atoms with Crippen molar-refractivity contribution in [2.24, 2.45) is 10.9 Å². The van der Waals surface area contributed by atoms with E-state index in [0.29, 0.717) is 10.2 Å². The number of nitrogens with two attached hydrogens (primary N) is 1. The van der Waals surface area contributed by atoms with E-state index < -0.39 is 0 Å². The number of hydrogen-bond acceptors (Lipinski definition) is 3. The molecule has 6 heteroatoms. The van der Waals surface area contributed by atoms with Crippen LogP contribution in [-0.4, -0.2) is 17.6 Å². The van der Waals surface area contributed by atoms with E-state index in [2.05, 4.69) is 26.4 Å². The fourth-order valence-electron chi connectivity index (χ4n) is 0.884. The summed E-state index contributed by atoms with van der Waals surface area (Å²) in [4.78, 5) is 0. The van der Waals surface area contributed by atoms with Gasteiger partial charge in [-0.2, -0.15) is 0 Å². The molecule has 0 bridgehead atoms. The molecule has 0 fully saturated rings. The molecule has 0 unspecified atom stereocenters. The fraction of sp³-hybridized carbons (Fsp3) is 0.125. The van der Waals surface area contributed by atoms with E-state index in [0.717, 1.165) is 0 Å². The molecule has 14 heavy (non-hydrogen) atoms. The third kappa shape index (κ3) is 3.21. The Labute approximate surface area is 88.7 Å². The van der Waals surface area contributed by atoms with Crippen molar-refractivity contribution < 1.29 is 9.60 Å². The second-order valence-electron chi connectivity index (χ2n) is 2.60. The van der Waals surface area contributed by atoms with Gasteiger partial charge in [0.25, 0.3) is 0 Å². The number of hydrogen-bond donors (Lipinski definition) is 3. The quantitative estimate of drug-likeness (QED) is 0.336. The van der Waals surface area contributed by atoms with E-state index in [4.69, 9.17) is 10.9 Å². The molecule has 4 N–H and O–H groups in total. The molecule has 0 aliphatic rings.